The van der Waals surface area contributed by atoms with E-state index >= 15 is 0 Å². The molecule has 1 aromatic carbocycles. The lowest BCUT2D eigenvalue weighted by Gasteiger charge is -2.22. The number of halogens is 7. The number of ether oxygens (including phenoxy) is 1. The quantitative estimate of drug-likeness (QED) is 0.405. The zero-order valence-corrected chi connectivity index (χ0v) is 19.2. The van der Waals surface area contributed by atoms with E-state index in [1.165, 1.54) is 6.92 Å². The maximum Gasteiger partial charge on any atom is 0.433 e. The van der Waals surface area contributed by atoms with Crippen molar-refractivity contribution in [1.29, 1.82) is 0 Å². The second-order valence-electron chi connectivity index (χ2n) is 8.20. The number of carbonyl (C=O) groups excluding carboxylic acids is 1. The van der Waals surface area contributed by atoms with Crippen LogP contribution in [-0.4, -0.2) is 39.9 Å². The van der Waals surface area contributed by atoms with Crippen LogP contribution in [0.15, 0.2) is 36.7 Å². The Morgan fingerprint density at radius 1 is 1.08 bits per heavy atom. The first-order valence-corrected chi connectivity index (χ1v) is 10.8. The van der Waals surface area contributed by atoms with E-state index in [-0.39, 0.29) is 23.7 Å². The second kappa shape index (κ2) is 9.82. The minimum absolute atomic E-state index is 0.230. The Balaban J connectivity index is 1.61. The fourth-order valence-electron chi connectivity index (χ4n) is 3.75. The molecule has 7 nitrogen and oxygen atoms in total. The van der Waals surface area contributed by atoms with Crippen LogP contribution in [0.3, 0.4) is 0 Å². The van der Waals surface area contributed by atoms with Gasteiger partial charge in [-0.25, -0.2) is 32.2 Å². The summed E-state index contributed by atoms with van der Waals surface area (Å²) in [5, 5.41) is 2.64. The van der Waals surface area contributed by atoms with Gasteiger partial charge in [0.25, 0.3) is 0 Å². The number of rotatable bonds is 6. The molecule has 196 valence electrons. The maximum absolute atomic E-state index is 14.9. The van der Waals surface area contributed by atoms with Gasteiger partial charge in [0.05, 0.1) is 12.2 Å². The third kappa shape index (κ3) is 5.27. The van der Waals surface area contributed by atoms with E-state index in [0.717, 1.165) is 31.3 Å². The zero-order chi connectivity index (χ0) is 27.1. The molecule has 1 aliphatic rings. The van der Waals surface area contributed by atoms with Crippen LogP contribution < -0.4 is 10.2 Å². The number of cyclic esters (lactones) is 1. The average molecular weight is 529 g/mol. The highest BCUT2D eigenvalue weighted by Crippen LogP contribution is 2.34. The van der Waals surface area contributed by atoms with Crippen molar-refractivity contribution in [2.75, 3.05) is 16.8 Å². The molecule has 3 heterocycles. The van der Waals surface area contributed by atoms with Gasteiger partial charge in [-0.3, -0.25) is 4.98 Å². The summed E-state index contributed by atoms with van der Waals surface area (Å²) in [6.07, 6.45) is -5.81. The molecule has 37 heavy (non-hydrogen) atoms. The molecule has 1 saturated heterocycles. The van der Waals surface area contributed by atoms with Crippen molar-refractivity contribution in [3.8, 4) is 11.1 Å². The van der Waals surface area contributed by atoms with E-state index in [4.69, 9.17) is 4.74 Å². The highest BCUT2D eigenvalue weighted by atomic mass is 19.4. The van der Waals surface area contributed by atoms with Crippen molar-refractivity contribution in [1.82, 2.24) is 15.0 Å². The molecule has 3 aromatic rings. The van der Waals surface area contributed by atoms with Gasteiger partial charge < -0.3 is 10.1 Å². The van der Waals surface area contributed by atoms with Gasteiger partial charge in [-0.15, -0.1) is 0 Å². The Morgan fingerprint density at radius 2 is 1.81 bits per heavy atom. The molecule has 1 amide bonds. The number of nitrogens with one attached hydrogen (secondary N) is 1. The number of hydrogen-bond acceptors (Lipinski definition) is 6. The van der Waals surface area contributed by atoms with E-state index in [9.17, 15) is 35.5 Å². The van der Waals surface area contributed by atoms with Gasteiger partial charge in [0.2, 0.25) is 5.95 Å². The summed E-state index contributed by atoms with van der Waals surface area (Å²) in [7, 11) is 0. The third-order valence-electron chi connectivity index (χ3n) is 5.65. The van der Waals surface area contributed by atoms with Crippen LogP contribution in [0.4, 0.5) is 47.3 Å². The van der Waals surface area contributed by atoms with Crippen molar-refractivity contribution in [3.63, 3.8) is 0 Å². The van der Waals surface area contributed by atoms with Gasteiger partial charge >= 0.3 is 12.3 Å². The van der Waals surface area contributed by atoms with Crippen LogP contribution in [0.25, 0.3) is 11.1 Å². The lowest BCUT2D eigenvalue weighted by Crippen LogP contribution is -2.40. The summed E-state index contributed by atoms with van der Waals surface area (Å²) in [4.78, 5) is 23.5. The molecule has 0 bridgehead atoms. The molecule has 1 unspecified atom stereocenters. The lowest BCUT2D eigenvalue weighted by atomic mass is 10.00. The van der Waals surface area contributed by atoms with Crippen LogP contribution in [0, 0.1) is 17.5 Å². The summed E-state index contributed by atoms with van der Waals surface area (Å²) in [5.74, 6) is -3.87. The minimum Gasteiger partial charge on any atom is -0.447 e. The monoisotopic (exact) mass is 529 g/mol. The molecule has 0 radical (unpaired) electrons. The summed E-state index contributed by atoms with van der Waals surface area (Å²) in [6.45, 7) is 2.24. The van der Waals surface area contributed by atoms with Crippen molar-refractivity contribution in [2.24, 2.45) is 0 Å². The predicted molar refractivity (Wildman–Crippen MR) is 117 cm³/mol. The summed E-state index contributed by atoms with van der Waals surface area (Å²) in [6, 6.07) is 1.08. The van der Waals surface area contributed by atoms with Crippen LogP contribution in [-0.2, 0) is 10.9 Å². The molecule has 4 rings (SSSR count). The smallest absolute Gasteiger partial charge is 0.433 e. The highest BCUT2D eigenvalue weighted by molar-refractivity contribution is 5.89. The van der Waals surface area contributed by atoms with E-state index in [1.54, 1.807) is 0 Å². The number of hydrogen-bond donors (Lipinski definition) is 1. The topological polar surface area (TPSA) is 80.2 Å². The van der Waals surface area contributed by atoms with Crippen LogP contribution in [0.5, 0.6) is 0 Å². The van der Waals surface area contributed by atoms with Crippen LogP contribution in [0.1, 0.15) is 31.1 Å². The normalized spacial score (nSPS) is 17.5. The Hall–Kier alpha value is -3.97. The molecule has 14 heteroatoms. The zero-order valence-electron chi connectivity index (χ0n) is 19.2. The number of pyridine rings is 1. The first-order valence-electron chi connectivity index (χ1n) is 10.8. The summed E-state index contributed by atoms with van der Waals surface area (Å²) in [5.41, 5.74) is -2.15. The fraction of sp³-hybridized carbons (Fsp3) is 0.304. The van der Waals surface area contributed by atoms with E-state index < -0.39 is 65.1 Å². The Labute approximate surface area is 205 Å². The second-order valence-corrected chi connectivity index (χ2v) is 8.20. The number of amides is 1. The van der Waals surface area contributed by atoms with E-state index in [2.05, 4.69) is 20.3 Å². The number of aromatic nitrogens is 3. The first kappa shape index (κ1) is 26.1. The molecular formula is C23H18F7N5O2. The summed E-state index contributed by atoms with van der Waals surface area (Å²) >= 11 is 0. The van der Waals surface area contributed by atoms with Gasteiger partial charge in [-0.2, -0.15) is 18.2 Å². The van der Waals surface area contributed by atoms with Gasteiger partial charge in [0.1, 0.15) is 36.1 Å². The molecule has 0 saturated carbocycles. The van der Waals surface area contributed by atoms with E-state index in [1.807, 2.05) is 0 Å². The molecule has 3 atom stereocenters. The largest absolute Gasteiger partial charge is 0.447 e. The average Bonchev–Trinajstić information content (AvgIpc) is 3.22. The number of alkyl halides is 4. The molecule has 1 N–H and O–H groups in total. The third-order valence-corrected chi connectivity index (χ3v) is 5.65. The predicted octanol–water partition coefficient (Wildman–Crippen LogP) is 5.83. The molecule has 0 aliphatic carbocycles. The Kier molecular flexibility index (Phi) is 6.93. The van der Waals surface area contributed by atoms with Gasteiger partial charge in [0.15, 0.2) is 11.6 Å². The molecular weight excluding hydrogens is 511 g/mol. The SMILES string of the molecule is C[C@H](Nc1ncc(F)c(N2C(=O)OCC2[C@H](C)F)n1)c1cc(F)c(-c2ccnc(C(F)(F)F)c2)cc1F. The highest BCUT2D eigenvalue weighted by Gasteiger charge is 2.40. The van der Waals surface area contributed by atoms with Gasteiger partial charge in [0, 0.05) is 17.3 Å². The van der Waals surface area contributed by atoms with Gasteiger partial charge in [-0.05, 0) is 43.7 Å². The lowest BCUT2D eigenvalue weighted by molar-refractivity contribution is -0.141. The fourth-order valence-corrected chi connectivity index (χ4v) is 3.75. The van der Waals surface area contributed by atoms with Gasteiger partial charge in [-0.1, -0.05) is 0 Å². The van der Waals surface area contributed by atoms with Crippen molar-refractivity contribution >= 4 is 17.9 Å². The molecule has 1 fully saturated rings. The standard InChI is InChI=1S/C23H18F7N5O2/c1-10(24)18-9-37-22(36)35(18)20-17(27)8-32-21(34-20)33-11(2)13-6-16(26)14(7-15(13)25)12-3-4-31-19(5-12)23(28,29)30/h3-8,10-11,18H,9H2,1-2H3,(H,32,33,34)/t10-,11-,18?/m0/s1. The number of nitrogens with zero attached hydrogens (tertiary/aromatic N) is 4. The van der Waals surface area contributed by atoms with Crippen LogP contribution in [0.2, 0.25) is 0 Å². The number of anilines is 2. The molecule has 0 spiro atoms. The molecule has 2 aromatic heterocycles. The maximum atomic E-state index is 14.9. The Morgan fingerprint density at radius 3 is 2.49 bits per heavy atom. The molecule has 1 aliphatic heterocycles. The van der Waals surface area contributed by atoms with Crippen molar-refractivity contribution < 1.29 is 40.3 Å². The summed E-state index contributed by atoms with van der Waals surface area (Å²) < 4.78 is 102. The van der Waals surface area contributed by atoms with Crippen molar-refractivity contribution in [3.05, 3.63) is 65.4 Å². The number of benzene rings is 1. The minimum atomic E-state index is -4.77. The van der Waals surface area contributed by atoms with E-state index in [0.29, 0.717) is 17.2 Å². The Bertz CT molecular complexity index is 1340. The number of carbonyl (C=O) groups is 1. The first-order chi connectivity index (χ1) is 17.4. The van der Waals surface area contributed by atoms with Crippen molar-refractivity contribution in [2.45, 2.75) is 38.3 Å². The van der Waals surface area contributed by atoms with Crippen LogP contribution >= 0.6 is 0 Å².